The highest BCUT2D eigenvalue weighted by atomic mass is 19.3. The van der Waals surface area contributed by atoms with Crippen molar-refractivity contribution in [1.82, 2.24) is 34.9 Å². The number of carbonyl (C=O) groups excluding carboxylic acids is 1. The van der Waals surface area contributed by atoms with Gasteiger partial charge in [0.2, 0.25) is 11.7 Å². The van der Waals surface area contributed by atoms with E-state index in [9.17, 15) is 13.6 Å². The van der Waals surface area contributed by atoms with Gasteiger partial charge in [-0.1, -0.05) is 23.4 Å². The minimum atomic E-state index is -2.82. The third kappa shape index (κ3) is 4.22. The number of likely N-dealkylation sites (tertiary alicyclic amines) is 1. The Morgan fingerprint density at radius 1 is 1.11 bits per heavy atom. The van der Waals surface area contributed by atoms with Crippen LogP contribution < -0.4 is 4.74 Å². The van der Waals surface area contributed by atoms with Gasteiger partial charge in [0.15, 0.2) is 17.1 Å². The lowest BCUT2D eigenvalue weighted by Crippen LogP contribution is -2.58. The highest BCUT2D eigenvalue weighted by molar-refractivity contribution is 5.97. The average molecular weight is 507 g/mol. The molecule has 1 saturated heterocycles. The summed E-state index contributed by atoms with van der Waals surface area (Å²) in [6.07, 6.45) is 1.35. The van der Waals surface area contributed by atoms with Gasteiger partial charge in [-0.15, -0.1) is 15.3 Å². The van der Waals surface area contributed by atoms with E-state index >= 15 is 0 Å². The number of hydrogen-bond acceptors (Lipinski definition) is 9. The van der Waals surface area contributed by atoms with Crippen LogP contribution >= 0.6 is 0 Å². The van der Waals surface area contributed by atoms with Gasteiger partial charge in [-0.2, -0.15) is 4.52 Å². The fraction of sp³-hybridized carbons (Fsp3) is 0.250. The molecule has 0 unspecified atom stereocenters. The van der Waals surface area contributed by atoms with Crippen molar-refractivity contribution in [1.29, 1.82) is 0 Å². The van der Waals surface area contributed by atoms with E-state index < -0.39 is 24.9 Å². The minimum Gasteiger partial charge on any atom is -0.470 e. The first-order valence-corrected chi connectivity index (χ1v) is 11.3. The lowest BCUT2D eigenvalue weighted by Gasteiger charge is -2.38. The van der Waals surface area contributed by atoms with Crippen molar-refractivity contribution in [2.45, 2.75) is 19.1 Å². The molecule has 4 aromatic heterocycles. The molecule has 1 aliphatic heterocycles. The van der Waals surface area contributed by atoms with E-state index in [1.807, 2.05) is 24.3 Å². The normalized spacial score (nSPS) is 14.7. The smallest absolute Gasteiger partial charge is 0.282 e. The first kappa shape index (κ1) is 22.9. The molecule has 37 heavy (non-hydrogen) atoms. The largest absolute Gasteiger partial charge is 0.470 e. The van der Waals surface area contributed by atoms with Gasteiger partial charge in [-0.25, -0.2) is 8.78 Å². The van der Waals surface area contributed by atoms with Gasteiger partial charge >= 0.3 is 0 Å². The van der Waals surface area contributed by atoms with Crippen LogP contribution in [0.4, 0.5) is 8.78 Å². The zero-order valence-corrected chi connectivity index (χ0v) is 19.5. The maximum Gasteiger partial charge on any atom is 0.282 e. The SMILES string of the molecule is COCc1cc(-c2nnc3c4ccccc4c(OCc4ccc(C(=O)N5CC(F)(F)C5)cn4)nn23)no1. The van der Waals surface area contributed by atoms with E-state index in [-0.39, 0.29) is 18.8 Å². The van der Waals surface area contributed by atoms with Gasteiger partial charge in [-0.05, 0) is 18.2 Å². The molecule has 1 amide bonds. The van der Waals surface area contributed by atoms with Crippen molar-refractivity contribution in [2.24, 2.45) is 0 Å². The van der Waals surface area contributed by atoms with Gasteiger partial charge in [0, 0.05) is 30.1 Å². The molecule has 0 radical (unpaired) electrons. The highest BCUT2D eigenvalue weighted by Gasteiger charge is 2.46. The number of nitrogens with zero attached hydrogens (tertiary/aromatic N) is 7. The number of rotatable bonds is 7. The standard InChI is InChI=1S/C24H19F2N7O4/c1-35-11-16-8-19(31-37-16)21-29-28-20-17-4-2-3-5-18(17)22(30-33(20)21)36-10-15-7-6-14(9-27-15)23(34)32-12-24(25,26)13-32/h2-9H,10-13H2,1H3. The Morgan fingerprint density at radius 3 is 2.65 bits per heavy atom. The number of pyridine rings is 1. The number of amides is 1. The number of hydrogen-bond donors (Lipinski definition) is 0. The number of halogens is 2. The summed E-state index contributed by atoms with van der Waals surface area (Å²) in [5, 5.41) is 18.7. The number of alkyl halides is 2. The number of carbonyl (C=O) groups is 1. The maximum atomic E-state index is 13.1. The van der Waals surface area contributed by atoms with E-state index in [0.717, 1.165) is 15.7 Å². The summed E-state index contributed by atoms with van der Waals surface area (Å²) in [7, 11) is 1.56. The van der Waals surface area contributed by atoms with Gasteiger partial charge in [0.25, 0.3) is 11.8 Å². The van der Waals surface area contributed by atoms with Crippen molar-refractivity contribution in [3.63, 3.8) is 0 Å². The van der Waals surface area contributed by atoms with Crippen molar-refractivity contribution >= 4 is 22.3 Å². The Balaban J connectivity index is 1.27. The van der Waals surface area contributed by atoms with Crippen molar-refractivity contribution < 1.29 is 27.6 Å². The molecule has 0 N–H and O–H groups in total. The van der Waals surface area contributed by atoms with Gasteiger partial charge < -0.3 is 18.9 Å². The molecule has 0 bridgehead atoms. The summed E-state index contributed by atoms with van der Waals surface area (Å²) < 4.78 is 44.1. The van der Waals surface area contributed by atoms with E-state index in [0.29, 0.717) is 34.5 Å². The van der Waals surface area contributed by atoms with E-state index in [2.05, 4.69) is 25.4 Å². The molecule has 1 fully saturated rings. The summed E-state index contributed by atoms with van der Waals surface area (Å²) in [5.41, 5.74) is 1.72. The number of ether oxygens (including phenoxy) is 2. The molecule has 0 saturated carbocycles. The van der Waals surface area contributed by atoms with Gasteiger partial charge in [-0.3, -0.25) is 9.78 Å². The number of methoxy groups -OCH3 is 1. The number of aromatic nitrogens is 6. The van der Waals surface area contributed by atoms with Crippen LogP contribution in [0.15, 0.2) is 53.2 Å². The van der Waals surface area contributed by atoms with E-state index in [1.165, 1.54) is 10.7 Å². The predicted octanol–water partition coefficient (Wildman–Crippen LogP) is 3.14. The highest BCUT2D eigenvalue weighted by Crippen LogP contribution is 2.30. The second-order valence-electron chi connectivity index (χ2n) is 8.57. The third-order valence-corrected chi connectivity index (χ3v) is 5.86. The Kier molecular flexibility index (Phi) is 5.48. The molecule has 13 heteroatoms. The maximum absolute atomic E-state index is 13.1. The Bertz CT molecular complexity index is 1610. The molecule has 0 aliphatic carbocycles. The molecule has 0 atom stereocenters. The van der Waals surface area contributed by atoms with Crippen LogP contribution in [0, 0.1) is 0 Å². The lowest BCUT2D eigenvalue weighted by molar-refractivity contribution is -0.113. The summed E-state index contributed by atoms with van der Waals surface area (Å²) in [4.78, 5) is 17.7. The summed E-state index contributed by atoms with van der Waals surface area (Å²) in [5.74, 6) is -2.09. The Labute approximate surface area is 207 Å². The zero-order valence-electron chi connectivity index (χ0n) is 19.5. The van der Waals surface area contributed by atoms with Gasteiger partial charge in [0.1, 0.15) is 13.2 Å². The van der Waals surface area contributed by atoms with Crippen LogP contribution in [0.5, 0.6) is 5.88 Å². The van der Waals surface area contributed by atoms with Crippen LogP contribution in [-0.4, -0.2) is 66.9 Å². The van der Waals surface area contributed by atoms with Crippen LogP contribution in [0.3, 0.4) is 0 Å². The van der Waals surface area contributed by atoms with Crippen LogP contribution in [0.25, 0.3) is 27.9 Å². The molecule has 188 valence electrons. The predicted molar refractivity (Wildman–Crippen MR) is 124 cm³/mol. The summed E-state index contributed by atoms with van der Waals surface area (Å²) >= 11 is 0. The zero-order chi connectivity index (χ0) is 25.6. The molecule has 5 aromatic rings. The topological polar surface area (TPSA) is 121 Å². The summed E-state index contributed by atoms with van der Waals surface area (Å²) in [6.45, 7) is -0.843. The quantitative estimate of drug-likeness (QED) is 0.327. The van der Waals surface area contributed by atoms with Crippen molar-refractivity contribution in [3.8, 4) is 17.4 Å². The van der Waals surface area contributed by atoms with E-state index in [1.54, 1.807) is 25.3 Å². The first-order valence-electron chi connectivity index (χ1n) is 11.3. The first-order chi connectivity index (χ1) is 17.9. The molecule has 6 rings (SSSR count). The molecule has 11 nitrogen and oxygen atoms in total. The summed E-state index contributed by atoms with van der Waals surface area (Å²) in [6, 6.07) is 12.3. The molecule has 1 aromatic carbocycles. The molecule has 1 aliphatic rings. The Hall–Kier alpha value is -4.52. The van der Waals surface area contributed by atoms with Crippen molar-refractivity contribution in [3.05, 3.63) is 65.7 Å². The third-order valence-electron chi connectivity index (χ3n) is 5.86. The van der Waals surface area contributed by atoms with Gasteiger partial charge in [0.05, 0.1) is 24.3 Å². The lowest BCUT2D eigenvalue weighted by atomic mass is 10.1. The average Bonchev–Trinajstić information content (AvgIpc) is 3.53. The van der Waals surface area contributed by atoms with E-state index in [4.69, 9.17) is 14.0 Å². The number of fused-ring (bicyclic) bond motifs is 3. The van der Waals surface area contributed by atoms with Crippen LogP contribution in [0.1, 0.15) is 21.8 Å². The monoisotopic (exact) mass is 507 g/mol. The minimum absolute atomic E-state index is 0.0537. The fourth-order valence-electron chi connectivity index (χ4n) is 4.06. The van der Waals surface area contributed by atoms with Crippen molar-refractivity contribution in [2.75, 3.05) is 20.2 Å². The molecular weight excluding hydrogens is 488 g/mol. The Morgan fingerprint density at radius 2 is 1.92 bits per heavy atom. The molecular formula is C24H19F2N7O4. The number of benzene rings is 1. The van der Waals surface area contributed by atoms with Crippen LogP contribution in [0.2, 0.25) is 0 Å². The van der Waals surface area contributed by atoms with Crippen LogP contribution in [-0.2, 0) is 18.0 Å². The second kappa shape index (κ2) is 8.85. The molecule has 5 heterocycles. The fourth-order valence-corrected chi connectivity index (χ4v) is 4.06. The molecule has 0 spiro atoms. The second-order valence-corrected chi connectivity index (χ2v) is 8.57.